The number of hydrogen-bond acceptors (Lipinski definition) is 3. The summed E-state index contributed by atoms with van der Waals surface area (Å²) < 4.78 is 3.78. The molecule has 2 aromatic heterocycles. The molecule has 0 spiro atoms. The van der Waals surface area contributed by atoms with Gasteiger partial charge >= 0.3 is 0 Å². The second kappa shape index (κ2) is 9.66. The number of amides is 1. The Morgan fingerprint density at radius 1 is 0.778 bits per heavy atom. The SMILES string of the molecule is Cc1ccccc1Cn1nc(C)c(NC(=O)c2c(-c3ccccc3)nn(-c3ccccc3)c2C)c1C. The van der Waals surface area contributed by atoms with Crippen LogP contribution in [0.3, 0.4) is 0 Å². The molecule has 0 unspecified atom stereocenters. The Bertz CT molecular complexity index is 1530. The van der Waals surface area contributed by atoms with Crippen LogP contribution in [0.5, 0.6) is 0 Å². The van der Waals surface area contributed by atoms with Gasteiger partial charge < -0.3 is 5.32 Å². The first-order chi connectivity index (χ1) is 17.4. The molecule has 0 aliphatic heterocycles. The maximum absolute atomic E-state index is 13.8. The summed E-state index contributed by atoms with van der Waals surface area (Å²) in [5.74, 6) is -0.199. The van der Waals surface area contributed by atoms with Crippen LogP contribution in [0.1, 0.15) is 38.6 Å². The predicted molar refractivity (Wildman–Crippen MR) is 144 cm³/mol. The smallest absolute Gasteiger partial charge is 0.259 e. The van der Waals surface area contributed by atoms with Crippen LogP contribution in [-0.4, -0.2) is 25.5 Å². The van der Waals surface area contributed by atoms with Crippen LogP contribution >= 0.6 is 0 Å². The van der Waals surface area contributed by atoms with E-state index in [0.717, 1.165) is 34.0 Å². The molecule has 0 aliphatic rings. The van der Waals surface area contributed by atoms with Crippen LogP contribution in [0.25, 0.3) is 16.9 Å². The van der Waals surface area contributed by atoms with Crippen LogP contribution in [0.2, 0.25) is 0 Å². The average molecular weight is 476 g/mol. The third-order valence-electron chi connectivity index (χ3n) is 6.59. The standard InChI is InChI=1S/C30H29N5O/c1-20-13-11-12-16-25(20)19-34-23(4)28(21(2)32-34)31-30(36)27-22(3)35(26-17-9-6-10-18-26)33-29(27)24-14-7-5-8-15-24/h5-18H,19H2,1-4H3,(H,31,36). The number of aromatic nitrogens is 4. The van der Waals surface area contributed by atoms with E-state index in [1.165, 1.54) is 11.1 Å². The third kappa shape index (κ3) is 4.33. The van der Waals surface area contributed by atoms with Crippen molar-refractivity contribution in [1.82, 2.24) is 19.6 Å². The summed E-state index contributed by atoms with van der Waals surface area (Å²) in [7, 11) is 0. The van der Waals surface area contributed by atoms with Gasteiger partial charge in [0.05, 0.1) is 40.6 Å². The molecule has 3 aromatic carbocycles. The van der Waals surface area contributed by atoms with E-state index >= 15 is 0 Å². The fourth-order valence-corrected chi connectivity index (χ4v) is 4.55. The summed E-state index contributed by atoms with van der Waals surface area (Å²) in [6.45, 7) is 8.60. The summed E-state index contributed by atoms with van der Waals surface area (Å²) in [5.41, 5.74) is 8.63. The van der Waals surface area contributed by atoms with Gasteiger partial charge in [0.1, 0.15) is 5.69 Å². The molecule has 0 radical (unpaired) electrons. The second-order valence-electron chi connectivity index (χ2n) is 9.01. The van der Waals surface area contributed by atoms with Crippen molar-refractivity contribution in [3.8, 4) is 16.9 Å². The Balaban J connectivity index is 1.53. The van der Waals surface area contributed by atoms with Gasteiger partial charge in [-0.25, -0.2) is 4.68 Å². The highest BCUT2D eigenvalue weighted by molar-refractivity contribution is 6.09. The van der Waals surface area contributed by atoms with E-state index in [2.05, 4.69) is 24.4 Å². The maximum atomic E-state index is 13.8. The molecule has 1 N–H and O–H groups in total. The van der Waals surface area contributed by atoms with Crippen molar-refractivity contribution in [2.75, 3.05) is 5.32 Å². The van der Waals surface area contributed by atoms with Crippen molar-refractivity contribution >= 4 is 11.6 Å². The summed E-state index contributed by atoms with van der Waals surface area (Å²) in [6.07, 6.45) is 0. The summed E-state index contributed by atoms with van der Waals surface area (Å²) in [5, 5.41) is 12.7. The Morgan fingerprint density at radius 3 is 2.11 bits per heavy atom. The van der Waals surface area contributed by atoms with Gasteiger partial charge in [-0.1, -0.05) is 72.8 Å². The quantitative estimate of drug-likeness (QED) is 0.315. The normalized spacial score (nSPS) is 11.0. The molecule has 0 aliphatic carbocycles. The van der Waals surface area contributed by atoms with Crippen LogP contribution in [-0.2, 0) is 6.54 Å². The number of benzene rings is 3. The van der Waals surface area contributed by atoms with Gasteiger partial charge in [-0.15, -0.1) is 0 Å². The first-order valence-corrected chi connectivity index (χ1v) is 12.0. The lowest BCUT2D eigenvalue weighted by Crippen LogP contribution is -2.15. The van der Waals surface area contributed by atoms with Gasteiger partial charge in [0, 0.05) is 5.56 Å². The third-order valence-corrected chi connectivity index (χ3v) is 6.59. The first kappa shape index (κ1) is 23.3. The lowest BCUT2D eigenvalue weighted by molar-refractivity contribution is 0.102. The second-order valence-corrected chi connectivity index (χ2v) is 9.01. The maximum Gasteiger partial charge on any atom is 0.259 e. The fourth-order valence-electron chi connectivity index (χ4n) is 4.55. The van der Waals surface area contributed by atoms with E-state index < -0.39 is 0 Å². The zero-order valence-corrected chi connectivity index (χ0v) is 21.0. The Hall–Kier alpha value is -4.45. The van der Waals surface area contributed by atoms with E-state index in [1.807, 2.05) is 103 Å². The largest absolute Gasteiger partial charge is 0.319 e. The fraction of sp³-hybridized carbons (Fsp3) is 0.167. The molecule has 5 rings (SSSR count). The van der Waals surface area contributed by atoms with Gasteiger partial charge in [0.25, 0.3) is 5.91 Å². The number of carbonyl (C=O) groups excluding carboxylic acids is 1. The zero-order chi connectivity index (χ0) is 25.2. The highest BCUT2D eigenvalue weighted by Gasteiger charge is 2.25. The Labute approximate surface area is 211 Å². The van der Waals surface area contributed by atoms with Gasteiger partial charge in [0.15, 0.2) is 0 Å². The number of nitrogens with zero attached hydrogens (tertiary/aromatic N) is 4. The van der Waals surface area contributed by atoms with Crippen LogP contribution in [0, 0.1) is 27.7 Å². The van der Waals surface area contributed by atoms with E-state index in [0.29, 0.717) is 17.8 Å². The minimum absolute atomic E-state index is 0.199. The van der Waals surface area contributed by atoms with E-state index in [1.54, 1.807) is 0 Å². The monoisotopic (exact) mass is 475 g/mol. The minimum atomic E-state index is -0.199. The topological polar surface area (TPSA) is 64.7 Å². The molecule has 0 saturated heterocycles. The molecule has 180 valence electrons. The lowest BCUT2D eigenvalue weighted by Gasteiger charge is -2.10. The molecular weight excluding hydrogens is 446 g/mol. The number of para-hydroxylation sites is 1. The van der Waals surface area contributed by atoms with Gasteiger partial charge in [-0.05, 0) is 51.0 Å². The van der Waals surface area contributed by atoms with Crippen LogP contribution < -0.4 is 5.32 Å². The number of anilines is 1. The molecule has 6 nitrogen and oxygen atoms in total. The predicted octanol–water partition coefficient (Wildman–Crippen LogP) is 6.27. The molecule has 6 heteroatoms. The molecule has 0 saturated carbocycles. The highest BCUT2D eigenvalue weighted by Crippen LogP contribution is 2.29. The average Bonchev–Trinajstić information content (AvgIpc) is 3.37. The van der Waals surface area contributed by atoms with Gasteiger partial charge in [-0.2, -0.15) is 10.2 Å². The summed E-state index contributed by atoms with van der Waals surface area (Å²) in [4.78, 5) is 13.8. The lowest BCUT2D eigenvalue weighted by atomic mass is 10.1. The highest BCUT2D eigenvalue weighted by atomic mass is 16.1. The molecule has 1 amide bonds. The zero-order valence-electron chi connectivity index (χ0n) is 21.0. The van der Waals surface area contributed by atoms with E-state index in [4.69, 9.17) is 10.2 Å². The van der Waals surface area contributed by atoms with Gasteiger partial charge in [0.2, 0.25) is 0 Å². The number of rotatable bonds is 6. The van der Waals surface area contributed by atoms with Crippen LogP contribution in [0.4, 0.5) is 5.69 Å². The molecule has 0 bridgehead atoms. The Kier molecular flexibility index (Phi) is 6.25. The van der Waals surface area contributed by atoms with Crippen molar-refractivity contribution < 1.29 is 4.79 Å². The molecule has 36 heavy (non-hydrogen) atoms. The van der Waals surface area contributed by atoms with Crippen molar-refractivity contribution in [3.05, 3.63) is 119 Å². The first-order valence-electron chi connectivity index (χ1n) is 12.0. The van der Waals surface area contributed by atoms with Gasteiger partial charge in [-0.3, -0.25) is 9.48 Å². The number of hydrogen-bond donors (Lipinski definition) is 1. The summed E-state index contributed by atoms with van der Waals surface area (Å²) in [6, 6.07) is 28.0. The Morgan fingerprint density at radius 2 is 1.42 bits per heavy atom. The van der Waals surface area contributed by atoms with E-state index in [9.17, 15) is 4.79 Å². The number of aryl methyl sites for hydroxylation is 2. The van der Waals surface area contributed by atoms with Crippen molar-refractivity contribution in [1.29, 1.82) is 0 Å². The molecule has 2 heterocycles. The van der Waals surface area contributed by atoms with Crippen molar-refractivity contribution in [2.24, 2.45) is 0 Å². The molecule has 0 atom stereocenters. The number of carbonyl (C=O) groups is 1. The molecular formula is C30H29N5O. The minimum Gasteiger partial charge on any atom is -0.319 e. The summed E-state index contributed by atoms with van der Waals surface area (Å²) >= 11 is 0. The van der Waals surface area contributed by atoms with E-state index in [-0.39, 0.29) is 5.91 Å². The molecule has 0 fully saturated rings. The number of nitrogens with one attached hydrogen (secondary N) is 1. The van der Waals surface area contributed by atoms with Crippen molar-refractivity contribution in [3.63, 3.8) is 0 Å². The van der Waals surface area contributed by atoms with Crippen molar-refractivity contribution in [2.45, 2.75) is 34.2 Å². The van der Waals surface area contributed by atoms with Crippen LogP contribution in [0.15, 0.2) is 84.9 Å². The molecule has 5 aromatic rings.